The summed E-state index contributed by atoms with van der Waals surface area (Å²) in [5, 5.41) is 11.1. The third-order valence-electron chi connectivity index (χ3n) is 3.30. The fourth-order valence-corrected chi connectivity index (χ4v) is 2.42. The van der Waals surface area contributed by atoms with Crippen molar-refractivity contribution in [2.24, 2.45) is 0 Å². The average Bonchev–Trinajstić information content (AvgIpc) is 2.47. The molecule has 0 bridgehead atoms. The molecule has 0 amide bonds. The smallest absolute Gasteiger partial charge is 0.507 e. The quantitative estimate of drug-likeness (QED) is 0.713. The van der Waals surface area contributed by atoms with Crippen LogP contribution in [0.4, 0.5) is 13.2 Å². The van der Waals surface area contributed by atoms with E-state index in [4.69, 9.17) is 0 Å². The van der Waals surface area contributed by atoms with E-state index in [2.05, 4.69) is 4.74 Å². The van der Waals surface area contributed by atoms with E-state index in [1.165, 1.54) is 18.2 Å². The summed E-state index contributed by atoms with van der Waals surface area (Å²) in [6.07, 6.45) is -4.76. The van der Waals surface area contributed by atoms with Crippen LogP contribution >= 0.6 is 0 Å². The molecule has 0 spiro atoms. The van der Waals surface area contributed by atoms with E-state index >= 15 is 0 Å². The van der Waals surface area contributed by atoms with Crippen molar-refractivity contribution in [2.75, 3.05) is 0 Å². The van der Waals surface area contributed by atoms with Gasteiger partial charge in [-0.05, 0) is 29.1 Å². The Morgan fingerprint density at radius 2 is 1.36 bits per heavy atom. The van der Waals surface area contributed by atoms with Gasteiger partial charge in [0.05, 0.1) is 0 Å². The standard InChI is InChI=1S/C17H11F3O2/c18-17(19,20)22-16-8-4-3-7-14(16)12-9-10-15(21)13-6-2-1-5-11(12)13/h1-10,21H. The van der Waals surface area contributed by atoms with Crippen molar-refractivity contribution in [1.29, 1.82) is 0 Å². The number of hydrogen-bond acceptors (Lipinski definition) is 2. The number of rotatable bonds is 2. The Labute approximate surface area is 124 Å². The zero-order valence-corrected chi connectivity index (χ0v) is 11.3. The van der Waals surface area contributed by atoms with Crippen molar-refractivity contribution >= 4 is 10.8 Å². The van der Waals surface area contributed by atoms with Crippen LogP contribution in [0, 0.1) is 0 Å². The topological polar surface area (TPSA) is 29.5 Å². The highest BCUT2D eigenvalue weighted by molar-refractivity contribution is 6.00. The lowest BCUT2D eigenvalue weighted by molar-refractivity contribution is -0.274. The number of para-hydroxylation sites is 1. The van der Waals surface area contributed by atoms with Crippen LogP contribution in [0.25, 0.3) is 21.9 Å². The SMILES string of the molecule is Oc1ccc(-c2ccccc2OC(F)(F)F)c2ccccc12. The summed E-state index contributed by atoms with van der Waals surface area (Å²) in [6.45, 7) is 0. The predicted molar refractivity (Wildman–Crippen MR) is 77.7 cm³/mol. The van der Waals surface area contributed by atoms with Gasteiger partial charge in [0, 0.05) is 10.9 Å². The first-order valence-corrected chi connectivity index (χ1v) is 6.51. The first-order valence-electron chi connectivity index (χ1n) is 6.51. The van der Waals surface area contributed by atoms with Gasteiger partial charge >= 0.3 is 6.36 Å². The Morgan fingerprint density at radius 1 is 0.727 bits per heavy atom. The minimum atomic E-state index is -4.76. The highest BCUT2D eigenvalue weighted by Crippen LogP contribution is 2.39. The molecular formula is C17H11F3O2. The molecule has 3 aromatic rings. The van der Waals surface area contributed by atoms with E-state index in [0.29, 0.717) is 21.9 Å². The van der Waals surface area contributed by atoms with Crippen LogP contribution in [-0.2, 0) is 0 Å². The Balaban J connectivity index is 2.23. The molecule has 0 atom stereocenters. The first kappa shape index (κ1) is 14.3. The van der Waals surface area contributed by atoms with Crippen LogP contribution in [0.2, 0.25) is 0 Å². The molecule has 0 fully saturated rings. The van der Waals surface area contributed by atoms with Gasteiger partial charge in [-0.2, -0.15) is 0 Å². The van der Waals surface area contributed by atoms with Crippen LogP contribution in [0.5, 0.6) is 11.5 Å². The number of aromatic hydroxyl groups is 1. The second kappa shape index (κ2) is 5.26. The lowest BCUT2D eigenvalue weighted by Gasteiger charge is -2.15. The van der Waals surface area contributed by atoms with Crippen LogP contribution in [0.15, 0.2) is 60.7 Å². The lowest BCUT2D eigenvalue weighted by atomic mass is 9.97. The molecule has 0 saturated carbocycles. The van der Waals surface area contributed by atoms with Gasteiger partial charge in [0.2, 0.25) is 0 Å². The number of alkyl halides is 3. The number of benzene rings is 3. The number of halogens is 3. The molecular weight excluding hydrogens is 293 g/mol. The van der Waals surface area contributed by atoms with E-state index in [1.807, 2.05) is 0 Å². The van der Waals surface area contributed by atoms with Crippen molar-refractivity contribution in [3.05, 3.63) is 60.7 Å². The van der Waals surface area contributed by atoms with Gasteiger partial charge in [0.1, 0.15) is 11.5 Å². The van der Waals surface area contributed by atoms with E-state index in [9.17, 15) is 18.3 Å². The Kier molecular flexibility index (Phi) is 3.41. The number of ether oxygens (including phenoxy) is 1. The summed E-state index contributed by atoms with van der Waals surface area (Å²) in [7, 11) is 0. The fourth-order valence-electron chi connectivity index (χ4n) is 2.42. The van der Waals surface area contributed by atoms with Gasteiger partial charge in [0.25, 0.3) is 0 Å². The minimum Gasteiger partial charge on any atom is -0.507 e. The van der Waals surface area contributed by atoms with Gasteiger partial charge in [0.15, 0.2) is 0 Å². The third kappa shape index (κ3) is 2.70. The highest BCUT2D eigenvalue weighted by atomic mass is 19.4. The van der Waals surface area contributed by atoms with Gasteiger partial charge in [-0.25, -0.2) is 0 Å². The summed E-state index contributed by atoms with van der Waals surface area (Å²) in [4.78, 5) is 0. The van der Waals surface area contributed by atoms with Gasteiger partial charge in [-0.1, -0.05) is 42.5 Å². The number of fused-ring (bicyclic) bond motifs is 1. The molecule has 0 aliphatic carbocycles. The van der Waals surface area contributed by atoms with Crippen LogP contribution in [0.1, 0.15) is 0 Å². The number of hydrogen-bond donors (Lipinski definition) is 1. The number of phenols is 1. The molecule has 0 aliphatic heterocycles. The lowest BCUT2D eigenvalue weighted by Crippen LogP contribution is -2.17. The third-order valence-corrected chi connectivity index (χ3v) is 3.30. The Hall–Kier alpha value is -2.69. The summed E-state index contributed by atoms with van der Waals surface area (Å²) in [5.74, 6) is -0.195. The van der Waals surface area contributed by atoms with Crippen molar-refractivity contribution < 1.29 is 23.0 Å². The summed E-state index contributed by atoms with van der Waals surface area (Å²) < 4.78 is 41.8. The monoisotopic (exact) mass is 304 g/mol. The van der Waals surface area contributed by atoms with Gasteiger partial charge in [-0.15, -0.1) is 13.2 Å². The Bertz CT molecular complexity index is 825. The molecule has 0 aromatic heterocycles. The van der Waals surface area contributed by atoms with Crippen LogP contribution in [-0.4, -0.2) is 11.5 Å². The average molecular weight is 304 g/mol. The molecule has 112 valence electrons. The van der Waals surface area contributed by atoms with E-state index in [1.54, 1.807) is 42.5 Å². The van der Waals surface area contributed by atoms with Crippen molar-refractivity contribution in [3.63, 3.8) is 0 Å². The molecule has 22 heavy (non-hydrogen) atoms. The molecule has 0 radical (unpaired) electrons. The van der Waals surface area contributed by atoms with Crippen molar-refractivity contribution in [2.45, 2.75) is 6.36 Å². The second-order valence-electron chi connectivity index (χ2n) is 4.72. The second-order valence-corrected chi connectivity index (χ2v) is 4.72. The Morgan fingerprint density at radius 3 is 2.09 bits per heavy atom. The largest absolute Gasteiger partial charge is 0.573 e. The molecule has 0 aliphatic rings. The van der Waals surface area contributed by atoms with E-state index in [-0.39, 0.29) is 11.5 Å². The van der Waals surface area contributed by atoms with Crippen molar-refractivity contribution in [3.8, 4) is 22.6 Å². The molecule has 1 N–H and O–H groups in total. The van der Waals surface area contributed by atoms with Crippen LogP contribution in [0.3, 0.4) is 0 Å². The molecule has 3 rings (SSSR count). The fraction of sp³-hybridized carbons (Fsp3) is 0.0588. The summed E-state index contributed by atoms with van der Waals surface area (Å²) in [5.41, 5.74) is 0.879. The van der Waals surface area contributed by atoms with Gasteiger partial charge in [-0.3, -0.25) is 0 Å². The number of phenolic OH excluding ortho intramolecular Hbond substituents is 1. The molecule has 0 unspecified atom stereocenters. The van der Waals surface area contributed by atoms with Crippen molar-refractivity contribution in [1.82, 2.24) is 0 Å². The molecule has 2 nitrogen and oxygen atoms in total. The predicted octanol–water partition coefficient (Wildman–Crippen LogP) is 5.11. The first-order chi connectivity index (χ1) is 10.5. The summed E-state index contributed by atoms with van der Waals surface area (Å²) in [6, 6.07) is 16.0. The molecule has 0 saturated heterocycles. The summed E-state index contributed by atoms with van der Waals surface area (Å²) >= 11 is 0. The molecule has 5 heteroatoms. The van der Waals surface area contributed by atoms with E-state index < -0.39 is 6.36 Å². The maximum absolute atomic E-state index is 12.6. The molecule has 3 aromatic carbocycles. The minimum absolute atomic E-state index is 0.0774. The zero-order valence-electron chi connectivity index (χ0n) is 11.3. The zero-order chi connectivity index (χ0) is 15.7. The normalized spacial score (nSPS) is 11.6. The maximum Gasteiger partial charge on any atom is 0.573 e. The highest BCUT2D eigenvalue weighted by Gasteiger charge is 2.32. The maximum atomic E-state index is 12.6. The molecule has 0 heterocycles. The van der Waals surface area contributed by atoms with Gasteiger partial charge < -0.3 is 9.84 Å². The van der Waals surface area contributed by atoms with Crippen LogP contribution < -0.4 is 4.74 Å². The van der Waals surface area contributed by atoms with E-state index in [0.717, 1.165) is 0 Å².